The van der Waals surface area contributed by atoms with E-state index in [4.69, 9.17) is 15.4 Å². The van der Waals surface area contributed by atoms with Crippen LogP contribution in [0.2, 0.25) is 0 Å². The van der Waals surface area contributed by atoms with Crippen LogP contribution in [0.5, 0.6) is 5.75 Å². The Morgan fingerprint density at radius 2 is 1.85 bits per heavy atom. The number of halogens is 1. The van der Waals surface area contributed by atoms with Gasteiger partial charge in [-0.2, -0.15) is 0 Å². The quantitative estimate of drug-likeness (QED) is 0.616. The SMILES string of the molecule is C=C(C)CCOc1ccc(S(=O)(=O)Cl)c2ccccc12. The zero-order valence-corrected chi connectivity index (χ0v) is 12.7. The molecule has 20 heavy (non-hydrogen) atoms. The maximum atomic E-state index is 11.6. The van der Waals surface area contributed by atoms with Crippen molar-refractivity contribution in [3.05, 3.63) is 48.6 Å². The Kier molecular flexibility index (Phi) is 4.35. The molecule has 3 nitrogen and oxygen atoms in total. The highest BCUT2D eigenvalue weighted by Gasteiger charge is 2.16. The van der Waals surface area contributed by atoms with Gasteiger partial charge in [-0.15, -0.1) is 6.58 Å². The van der Waals surface area contributed by atoms with Crippen molar-refractivity contribution in [2.75, 3.05) is 6.61 Å². The fourth-order valence-electron chi connectivity index (χ4n) is 1.92. The summed E-state index contributed by atoms with van der Waals surface area (Å²) in [5.74, 6) is 0.644. The van der Waals surface area contributed by atoms with Crippen LogP contribution in [-0.4, -0.2) is 15.0 Å². The van der Waals surface area contributed by atoms with Crippen molar-refractivity contribution in [2.24, 2.45) is 0 Å². The lowest BCUT2D eigenvalue weighted by atomic mass is 10.1. The van der Waals surface area contributed by atoms with Crippen LogP contribution >= 0.6 is 10.7 Å². The standard InChI is InChI=1S/C15H15ClO3S/c1-11(2)9-10-19-14-7-8-15(20(16,17)18)13-6-4-3-5-12(13)14/h3-8H,1,9-10H2,2H3. The zero-order chi connectivity index (χ0) is 14.8. The Morgan fingerprint density at radius 3 is 2.45 bits per heavy atom. The van der Waals surface area contributed by atoms with Crippen LogP contribution in [-0.2, 0) is 9.05 Å². The summed E-state index contributed by atoms with van der Waals surface area (Å²) in [6, 6.07) is 10.2. The van der Waals surface area contributed by atoms with Crippen LogP contribution in [0, 0.1) is 0 Å². The fraction of sp³-hybridized carbons (Fsp3) is 0.200. The maximum absolute atomic E-state index is 11.6. The summed E-state index contributed by atoms with van der Waals surface area (Å²) in [4.78, 5) is 0.0991. The lowest BCUT2D eigenvalue weighted by Crippen LogP contribution is -2.00. The topological polar surface area (TPSA) is 43.4 Å². The molecule has 0 saturated carbocycles. The third kappa shape index (κ3) is 3.32. The van der Waals surface area contributed by atoms with Gasteiger partial charge in [-0.1, -0.05) is 29.8 Å². The van der Waals surface area contributed by atoms with E-state index in [1.807, 2.05) is 19.1 Å². The van der Waals surface area contributed by atoms with Gasteiger partial charge in [-0.25, -0.2) is 8.42 Å². The third-order valence-electron chi connectivity index (χ3n) is 2.89. The molecule has 2 aromatic carbocycles. The van der Waals surface area contributed by atoms with Gasteiger partial charge in [0.15, 0.2) is 0 Å². The van der Waals surface area contributed by atoms with Crippen LogP contribution < -0.4 is 4.74 Å². The van der Waals surface area contributed by atoms with Gasteiger partial charge in [0.05, 0.1) is 11.5 Å². The molecule has 0 atom stereocenters. The van der Waals surface area contributed by atoms with Gasteiger partial charge in [0.2, 0.25) is 0 Å². The molecule has 0 bridgehead atoms. The molecule has 0 fully saturated rings. The van der Waals surface area contributed by atoms with Crippen LogP contribution in [0.3, 0.4) is 0 Å². The predicted molar refractivity (Wildman–Crippen MR) is 81.9 cm³/mol. The highest BCUT2D eigenvalue weighted by Crippen LogP contribution is 2.32. The molecule has 0 saturated heterocycles. The van der Waals surface area contributed by atoms with Crippen LogP contribution in [0.15, 0.2) is 53.4 Å². The first-order valence-corrected chi connectivity index (χ1v) is 8.44. The highest BCUT2D eigenvalue weighted by atomic mass is 35.7. The third-order valence-corrected chi connectivity index (χ3v) is 4.27. The first-order valence-electron chi connectivity index (χ1n) is 6.13. The van der Waals surface area contributed by atoms with Crippen molar-refractivity contribution >= 4 is 30.5 Å². The number of fused-ring (bicyclic) bond motifs is 1. The Hall–Kier alpha value is -1.52. The summed E-state index contributed by atoms with van der Waals surface area (Å²) in [5.41, 5.74) is 1.04. The molecule has 0 N–H and O–H groups in total. The smallest absolute Gasteiger partial charge is 0.261 e. The highest BCUT2D eigenvalue weighted by molar-refractivity contribution is 8.14. The summed E-state index contributed by atoms with van der Waals surface area (Å²) in [7, 11) is 1.68. The number of hydrogen-bond donors (Lipinski definition) is 0. The summed E-state index contributed by atoms with van der Waals surface area (Å²) < 4.78 is 28.8. The molecule has 0 aliphatic rings. The predicted octanol–water partition coefficient (Wildman–Crippen LogP) is 4.11. The first kappa shape index (κ1) is 14.9. The second-order valence-corrected chi connectivity index (χ2v) is 7.14. The van der Waals surface area contributed by atoms with Gasteiger partial charge in [-0.05, 0) is 19.1 Å². The minimum absolute atomic E-state index is 0.0991. The summed E-state index contributed by atoms with van der Waals surface area (Å²) in [5, 5.41) is 1.30. The molecule has 106 valence electrons. The van der Waals surface area contributed by atoms with E-state index in [1.54, 1.807) is 18.2 Å². The first-order chi connectivity index (χ1) is 9.39. The second kappa shape index (κ2) is 5.85. The number of hydrogen-bond acceptors (Lipinski definition) is 3. The molecule has 2 aromatic rings. The van der Waals surface area contributed by atoms with Gasteiger partial charge >= 0.3 is 0 Å². The fourth-order valence-corrected chi connectivity index (χ4v) is 2.99. The van der Waals surface area contributed by atoms with Gasteiger partial charge in [0, 0.05) is 27.9 Å². The van der Waals surface area contributed by atoms with Crippen LogP contribution in [0.1, 0.15) is 13.3 Å². The van der Waals surface area contributed by atoms with Crippen molar-refractivity contribution in [3.8, 4) is 5.75 Å². The molecule has 0 aliphatic heterocycles. The minimum Gasteiger partial charge on any atom is -0.493 e. The Labute approximate surface area is 123 Å². The molecule has 2 rings (SSSR count). The summed E-state index contributed by atoms with van der Waals surface area (Å²) in [6.07, 6.45) is 0.754. The average molecular weight is 311 g/mol. The van der Waals surface area contributed by atoms with E-state index in [0.717, 1.165) is 17.4 Å². The van der Waals surface area contributed by atoms with E-state index in [1.165, 1.54) is 6.07 Å². The van der Waals surface area contributed by atoms with Gasteiger partial charge in [0.1, 0.15) is 5.75 Å². The van der Waals surface area contributed by atoms with Gasteiger partial charge < -0.3 is 4.74 Å². The van der Waals surface area contributed by atoms with Crippen molar-refractivity contribution in [1.29, 1.82) is 0 Å². The largest absolute Gasteiger partial charge is 0.493 e. The minimum atomic E-state index is -3.78. The molecule has 0 heterocycles. The molecule has 0 amide bonds. The molecule has 0 aromatic heterocycles. The summed E-state index contributed by atoms with van der Waals surface area (Å²) >= 11 is 0. The van der Waals surface area contributed by atoms with Crippen molar-refractivity contribution in [2.45, 2.75) is 18.2 Å². The van der Waals surface area contributed by atoms with Crippen molar-refractivity contribution in [1.82, 2.24) is 0 Å². The van der Waals surface area contributed by atoms with Gasteiger partial charge in [0.25, 0.3) is 9.05 Å². The van der Waals surface area contributed by atoms with E-state index in [-0.39, 0.29) is 4.90 Å². The Bertz CT molecular complexity index is 751. The molecule has 0 spiro atoms. The van der Waals surface area contributed by atoms with Crippen molar-refractivity contribution < 1.29 is 13.2 Å². The van der Waals surface area contributed by atoms with E-state index in [2.05, 4.69) is 6.58 Å². The van der Waals surface area contributed by atoms with Crippen LogP contribution in [0.4, 0.5) is 0 Å². The Balaban J connectivity index is 2.46. The molecule has 0 radical (unpaired) electrons. The van der Waals surface area contributed by atoms with Gasteiger partial charge in [-0.3, -0.25) is 0 Å². The molecular weight excluding hydrogens is 296 g/mol. The number of rotatable bonds is 5. The van der Waals surface area contributed by atoms with E-state index in [9.17, 15) is 8.42 Å². The monoisotopic (exact) mass is 310 g/mol. The van der Waals surface area contributed by atoms with E-state index >= 15 is 0 Å². The normalized spacial score (nSPS) is 11.5. The molecule has 0 unspecified atom stereocenters. The second-order valence-electron chi connectivity index (χ2n) is 4.60. The lowest BCUT2D eigenvalue weighted by Gasteiger charge is -2.11. The van der Waals surface area contributed by atoms with E-state index < -0.39 is 9.05 Å². The number of benzene rings is 2. The molecular formula is C15H15ClO3S. The number of ether oxygens (including phenoxy) is 1. The molecule has 5 heteroatoms. The van der Waals surface area contributed by atoms with E-state index in [0.29, 0.717) is 17.7 Å². The molecule has 0 aliphatic carbocycles. The van der Waals surface area contributed by atoms with Crippen molar-refractivity contribution in [3.63, 3.8) is 0 Å². The Morgan fingerprint density at radius 1 is 1.20 bits per heavy atom. The average Bonchev–Trinajstić information content (AvgIpc) is 2.37. The van der Waals surface area contributed by atoms with Crippen LogP contribution in [0.25, 0.3) is 10.8 Å². The zero-order valence-electron chi connectivity index (χ0n) is 11.1. The lowest BCUT2D eigenvalue weighted by molar-refractivity contribution is 0.325. The maximum Gasteiger partial charge on any atom is 0.261 e. The summed E-state index contributed by atoms with van der Waals surface area (Å²) in [6.45, 7) is 6.26.